The van der Waals surface area contributed by atoms with Crippen LogP contribution in [0.25, 0.3) is 0 Å². The Morgan fingerprint density at radius 3 is 1.79 bits per heavy atom. The van der Waals surface area contributed by atoms with E-state index in [1.54, 1.807) is 35.2 Å². The summed E-state index contributed by atoms with van der Waals surface area (Å²) in [5.74, 6) is -2.55. The number of carbonyl (C=O) groups is 4. The third-order valence-electron chi connectivity index (χ3n) is 4.00. The summed E-state index contributed by atoms with van der Waals surface area (Å²) in [6.45, 7) is 4.51. The highest BCUT2D eigenvalue weighted by molar-refractivity contribution is 5.68. The van der Waals surface area contributed by atoms with Crippen LogP contribution in [0, 0.1) is 0 Å². The monoisotopic (exact) mass is 410 g/mol. The molecule has 158 valence electrons. The molecule has 2 heterocycles. The van der Waals surface area contributed by atoms with Gasteiger partial charge in [-0.2, -0.15) is 4.57 Å². The summed E-state index contributed by atoms with van der Waals surface area (Å²) in [6, 6.07) is 5.24. The van der Waals surface area contributed by atoms with E-state index < -0.39 is 54.5 Å². The number of aromatic nitrogens is 1. The zero-order valence-corrected chi connectivity index (χ0v) is 16.6. The maximum Gasteiger partial charge on any atom is 0.304 e. The van der Waals surface area contributed by atoms with E-state index in [0.717, 1.165) is 0 Å². The van der Waals surface area contributed by atoms with Crippen LogP contribution in [-0.4, -0.2) is 54.9 Å². The molecule has 0 bridgehead atoms. The molecule has 1 aromatic rings. The van der Waals surface area contributed by atoms with Crippen LogP contribution in [0.1, 0.15) is 33.9 Å². The van der Waals surface area contributed by atoms with Crippen molar-refractivity contribution in [3.8, 4) is 0 Å². The maximum absolute atomic E-state index is 11.8. The van der Waals surface area contributed by atoms with Gasteiger partial charge in [0.25, 0.3) is 0 Å². The third kappa shape index (κ3) is 6.24. The summed E-state index contributed by atoms with van der Waals surface area (Å²) >= 11 is 0. The smallest absolute Gasteiger partial charge is 0.304 e. The standard InChI is InChI=1S/C19H24NO9/c1-11(21)25-10-15-16(26-12(2)22)17(27-13(3)23)18(28-14(4)24)19(29-15)20-8-6-5-7-9-20/h5-9,15-19H,10H2,1-4H3/q+1/t15-,16+,17+,18-,19-/m1/s1. The fraction of sp³-hybridized carbons (Fsp3) is 0.526. The van der Waals surface area contributed by atoms with Crippen molar-refractivity contribution in [3.63, 3.8) is 0 Å². The normalized spacial score (nSPS) is 26.1. The molecule has 0 aromatic carbocycles. The van der Waals surface area contributed by atoms with Crippen LogP contribution in [0.3, 0.4) is 0 Å². The highest BCUT2D eigenvalue weighted by Gasteiger charge is 2.55. The topological polar surface area (TPSA) is 118 Å². The predicted octanol–water partition coefficient (Wildman–Crippen LogP) is 0.230. The first kappa shape index (κ1) is 22.3. The highest BCUT2D eigenvalue weighted by Crippen LogP contribution is 2.32. The van der Waals surface area contributed by atoms with Gasteiger partial charge in [0.2, 0.25) is 6.10 Å². The molecule has 1 aromatic heterocycles. The summed E-state index contributed by atoms with van der Waals surface area (Å²) in [5, 5.41) is 0. The van der Waals surface area contributed by atoms with Crippen molar-refractivity contribution in [1.82, 2.24) is 0 Å². The summed E-state index contributed by atoms with van der Waals surface area (Å²) in [7, 11) is 0. The van der Waals surface area contributed by atoms with Crippen molar-refractivity contribution in [3.05, 3.63) is 30.6 Å². The van der Waals surface area contributed by atoms with Gasteiger partial charge in [0, 0.05) is 39.8 Å². The molecule has 1 aliphatic heterocycles. The Hall–Kier alpha value is -3.01. The van der Waals surface area contributed by atoms with Crippen LogP contribution in [0.5, 0.6) is 0 Å². The van der Waals surface area contributed by atoms with Crippen LogP contribution in [0.15, 0.2) is 30.6 Å². The van der Waals surface area contributed by atoms with Gasteiger partial charge >= 0.3 is 30.1 Å². The number of hydrogen-bond donors (Lipinski definition) is 0. The second-order valence-corrected chi connectivity index (χ2v) is 6.41. The molecule has 0 saturated carbocycles. The Labute approximate surface area is 167 Å². The van der Waals surface area contributed by atoms with E-state index in [9.17, 15) is 19.2 Å². The fourth-order valence-corrected chi connectivity index (χ4v) is 3.03. The van der Waals surface area contributed by atoms with Gasteiger partial charge in [-0.3, -0.25) is 19.2 Å². The maximum atomic E-state index is 11.8. The first-order valence-electron chi connectivity index (χ1n) is 8.95. The largest absolute Gasteiger partial charge is 0.463 e. The van der Waals surface area contributed by atoms with Gasteiger partial charge < -0.3 is 23.7 Å². The molecule has 1 saturated heterocycles. The Kier molecular flexibility index (Phi) is 7.66. The molecule has 0 unspecified atom stereocenters. The van der Waals surface area contributed by atoms with Crippen LogP contribution in [0.2, 0.25) is 0 Å². The van der Waals surface area contributed by atoms with E-state index in [-0.39, 0.29) is 6.61 Å². The molecule has 1 aliphatic rings. The van der Waals surface area contributed by atoms with Gasteiger partial charge in [0.15, 0.2) is 24.6 Å². The van der Waals surface area contributed by atoms with E-state index in [2.05, 4.69) is 0 Å². The Balaban J connectivity index is 2.49. The number of pyridine rings is 1. The average molecular weight is 410 g/mol. The van der Waals surface area contributed by atoms with Crippen molar-refractivity contribution >= 4 is 23.9 Å². The Morgan fingerprint density at radius 1 is 0.759 bits per heavy atom. The Morgan fingerprint density at radius 2 is 1.28 bits per heavy atom. The number of carbonyl (C=O) groups excluding carboxylic acids is 4. The number of esters is 4. The molecule has 5 atom stereocenters. The van der Waals surface area contributed by atoms with E-state index >= 15 is 0 Å². The lowest BCUT2D eigenvalue weighted by molar-refractivity contribution is -0.777. The average Bonchev–Trinajstić information content (AvgIpc) is 2.63. The molecule has 0 aliphatic carbocycles. The summed E-state index contributed by atoms with van der Waals surface area (Å²) in [5.41, 5.74) is 0. The molecule has 0 amide bonds. The number of hydrogen-bond acceptors (Lipinski definition) is 9. The van der Waals surface area contributed by atoms with Gasteiger partial charge in [-0.25, -0.2) is 0 Å². The summed E-state index contributed by atoms with van der Waals surface area (Å²) in [4.78, 5) is 46.5. The lowest BCUT2D eigenvalue weighted by Gasteiger charge is -2.41. The zero-order chi connectivity index (χ0) is 21.6. The minimum absolute atomic E-state index is 0.262. The Bertz CT molecular complexity index is 751. The van der Waals surface area contributed by atoms with Crippen molar-refractivity contribution < 1.29 is 47.4 Å². The minimum Gasteiger partial charge on any atom is -0.463 e. The molecule has 2 rings (SSSR count). The molecule has 10 nitrogen and oxygen atoms in total. The predicted molar refractivity (Wildman–Crippen MR) is 93.8 cm³/mol. The molecule has 0 radical (unpaired) electrons. The number of rotatable bonds is 6. The number of ether oxygens (including phenoxy) is 5. The summed E-state index contributed by atoms with van der Waals surface area (Å²) in [6.07, 6.45) is -2.05. The van der Waals surface area contributed by atoms with Crippen LogP contribution in [-0.2, 0) is 42.9 Å². The van der Waals surface area contributed by atoms with Crippen molar-refractivity contribution in [2.75, 3.05) is 6.61 Å². The fourth-order valence-electron chi connectivity index (χ4n) is 3.03. The van der Waals surface area contributed by atoms with E-state index in [1.807, 2.05) is 0 Å². The molecular weight excluding hydrogens is 386 g/mol. The van der Waals surface area contributed by atoms with Crippen molar-refractivity contribution in [2.45, 2.75) is 58.3 Å². The van der Waals surface area contributed by atoms with Crippen LogP contribution >= 0.6 is 0 Å². The first-order chi connectivity index (χ1) is 13.7. The quantitative estimate of drug-likeness (QED) is 0.369. The lowest BCUT2D eigenvalue weighted by Crippen LogP contribution is -2.65. The summed E-state index contributed by atoms with van der Waals surface area (Å²) < 4.78 is 28.7. The zero-order valence-electron chi connectivity index (χ0n) is 16.6. The van der Waals surface area contributed by atoms with Crippen molar-refractivity contribution in [1.29, 1.82) is 0 Å². The third-order valence-corrected chi connectivity index (χ3v) is 4.00. The first-order valence-corrected chi connectivity index (χ1v) is 8.95. The van der Waals surface area contributed by atoms with E-state index in [4.69, 9.17) is 23.7 Å². The second-order valence-electron chi connectivity index (χ2n) is 6.41. The van der Waals surface area contributed by atoms with Crippen LogP contribution in [0.4, 0.5) is 0 Å². The van der Waals surface area contributed by atoms with Gasteiger partial charge in [0.05, 0.1) is 0 Å². The minimum atomic E-state index is -1.19. The van der Waals surface area contributed by atoms with Gasteiger partial charge in [-0.15, -0.1) is 0 Å². The van der Waals surface area contributed by atoms with E-state index in [1.165, 1.54) is 27.7 Å². The van der Waals surface area contributed by atoms with Gasteiger partial charge in [-0.05, 0) is 0 Å². The van der Waals surface area contributed by atoms with Gasteiger partial charge in [-0.1, -0.05) is 6.07 Å². The molecule has 0 spiro atoms. The van der Waals surface area contributed by atoms with Crippen molar-refractivity contribution in [2.24, 2.45) is 0 Å². The molecule has 29 heavy (non-hydrogen) atoms. The molecule has 10 heteroatoms. The molecular formula is C19H24NO9+. The molecule has 0 N–H and O–H groups in total. The highest BCUT2D eigenvalue weighted by atomic mass is 16.7. The lowest BCUT2D eigenvalue weighted by atomic mass is 9.97. The van der Waals surface area contributed by atoms with Gasteiger partial charge in [0.1, 0.15) is 12.7 Å². The number of nitrogens with zero attached hydrogens (tertiary/aromatic N) is 1. The SMILES string of the molecule is CC(=O)OC[C@H]1O[C@@H]([n+]2ccccc2)[C@H](OC(C)=O)[C@@H](OC(C)=O)[C@H]1OC(C)=O. The van der Waals surface area contributed by atoms with Crippen LogP contribution < -0.4 is 4.57 Å². The van der Waals surface area contributed by atoms with E-state index in [0.29, 0.717) is 0 Å². The second kappa shape index (κ2) is 9.97. The molecule has 1 fully saturated rings.